The third kappa shape index (κ3) is 3.96. The summed E-state index contributed by atoms with van der Waals surface area (Å²) >= 11 is 6.01. The Labute approximate surface area is 191 Å². The van der Waals surface area contributed by atoms with E-state index in [-0.39, 0.29) is 35.1 Å². The van der Waals surface area contributed by atoms with Gasteiger partial charge in [-0.3, -0.25) is 9.59 Å². The Bertz CT molecular complexity index is 1080. The van der Waals surface area contributed by atoms with E-state index in [0.717, 1.165) is 30.4 Å². The lowest BCUT2D eigenvalue weighted by atomic mass is 9.38. The largest absolute Gasteiger partial charge is 0.486 e. The summed E-state index contributed by atoms with van der Waals surface area (Å²) in [6.45, 7) is 1.93. The first-order chi connectivity index (χ1) is 15.2. The Morgan fingerprint density at radius 2 is 2.00 bits per heavy atom. The first-order valence-electron chi connectivity index (χ1n) is 10.9. The molecule has 0 unspecified atom stereocenters. The van der Waals surface area contributed by atoms with Gasteiger partial charge in [0.2, 0.25) is 0 Å². The van der Waals surface area contributed by atoms with Crippen LogP contribution in [0.15, 0.2) is 36.4 Å². The molecule has 0 saturated heterocycles. The van der Waals surface area contributed by atoms with Crippen molar-refractivity contribution in [2.24, 2.45) is 5.41 Å². The van der Waals surface area contributed by atoms with Gasteiger partial charge in [0, 0.05) is 17.0 Å². The number of benzene rings is 2. The van der Waals surface area contributed by atoms with Gasteiger partial charge in [-0.05, 0) is 92.0 Å². The summed E-state index contributed by atoms with van der Waals surface area (Å²) in [5, 5.41) is 3.81. The molecule has 1 N–H and O–H groups in total. The van der Waals surface area contributed by atoms with Gasteiger partial charge in [0.15, 0.2) is 11.9 Å². The van der Waals surface area contributed by atoms with Crippen molar-refractivity contribution in [3.63, 3.8) is 0 Å². The number of hydrogen-bond acceptors (Lipinski definition) is 4. The lowest BCUT2D eigenvalue weighted by Gasteiger charge is -2.70. The van der Waals surface area contributed by atoms with E-state index in [2.05, 4.69) is 5.32 Å². The minimum atomic E-state index is -0.559. The smallest absolute Gasteiger partial charge is 0.261 e. The molecular formula is C25H25ClFNO4. The molecule has 2 aromatic rings. The van der Waals surface area contributed by atoms with E-state index in [9.17, 15) is 14.0 Å². The number of hydrogen-bond donors (Lipinski definition) is 1. The Kier molecular flexibility index (Phi) is 5.16. The molecule has 5 nitrogen and oxygen atoms in total. The molecule has 0 aromatic heterocycles. The summed E-state index contributed by atoms with van der Waals surface area (Å²) in [7, 11) is 0. The average molecular weight is 458 g/mol. The molecule has 3 aliphatic carbocycles. The summed E-state index contributed by atoms with van der Waals surface area (Å²) in [6, 6.07) is 9.73. The van der Waals surface area contributed by atoms with Gasteiger partial charge in [0.25, 0.3) is 5.91 Å². The molecule has 1 atom stereocenters. The van der Waals surface area contributed by atoms with Crippen molar-refractivity contribution in [3.05, 3.63) is 58.4 Å². The van der Waals surface area contributed by atoms with Gasteiger partial charge in [0.1, 0.15) is 23.9 Å². The van der Waals surface area contributed by atoms with E-state index >= 15 is 0 Å². The number of carbonyl (C=O) groups excluding carboxylic acids is 2. The van der Waals surface area contributed by atoms with E-state index in [1.54, 1.807) is 18.2 Å². The maximum Gasteiger partial charge on any atom is 0.261 e. The highest BCUT2D eigenvalue weighted by atomic mass is 35.5. The van der Waals surface area contributed by atoms with Gasteiger partial charge < -0.3 is 14.8 Å². The number of fused-ring (bicyclic) bond motifs is 1. The van der Waals surface area contributed by atoms with Crippen molar-refractivity contribution >= 4 is 23.3 Å². The fourth-order valence-corrected chi connectivity index (χ4v) is 5.66. The van der Waals surface area contributed by atoms with Crippen LogP contribution >= 0.6 is 11.6 Å². The van der Waals surface area contributed by atoms with Gasteiger partial charge in [-0.25, -0.2) is 4.39 Å². The number of amides is 1. The van der Waals surface area contributed by atoms with Crippen molar-refractivity contribution < 1.29 is 23.5 Å². The molecule has 3 fully saturated rings. The van der Waals surface area contributed by atoms with Crippen LogP contribution in [0.2, 0.25) is 5.02 Å². The lowest BCUT2D eigenvalue weighted by Crippen LogP contribution is -2.75. The van der Waals surface area contributed by atoms with E-state index in [0.29, 0.717) is 35.8 Å². The fraction of sp³-hybridized carbons (Fsp3) is 0.440. The van der Waals surface area contributed by atoms with E-state index in [1.807, 2.05) is 13.0 Å². The summed E-state index contributed by atoms with van der Waals surface area (Å²) in [5.41, 5.74) is 1.48. The maximum absolute atomic E-state index is 13.4. The van der Waals surface area contributed by atoms with Crippen LogP contribution < -0.4 is 14.8 Å². The lowest BCUT2D eigenvalue weighted by molar-refractivity contribution is -0.175. The Hall–Kier alpha value is -2.60. The molecule has 32 heavy (non-hydrogen) atoms. The topological polar surface area (TPSA) is 64.6 Å². The zero-order valence-corrected chi connectivity index (χ0v) is 18.6. The van der Waals surface area contributed by atoms with Gasteiger partial charge >= 0.3 is 0 Å². The number of ether oxygens (including phenoxy) is 2. The second-order valence-corrected chi connectivity index (χ2v) is 10.0. The molecule has 0 spiro atoms. The molecule has 1 aliphatic heterocycles. The van der Waals surface area contributed by atoms with Crippen LogP contribution in [-0.2, 0) is 16.0 Å². The highest BCUT2D eigenvalue weighted by Crippen LogP contribution is 2.69. The highest BCUT2D eigenvalue weighted by molar-refractivity contribution is 6.31. The quantitative estimate of drug-likeness (QED) is 0.662. The predicted molar refractivity (Wildman–Crippen MR) is 118 cm³/mol. The van der Waals surface area contributed by atoms with Crippen LogP contribution in [0.5, 0.6) is 11.5 Å². The summed E-state index contributed by atoms with van der Waals surface area (Å²) in [6.07, 6.45) is 3.49. The maximum atomic E-state index is 13.4. The standard InChI is InChI=1S/C25H25ClFNO4/c1-15-8-19(4-5-20(15)26)31-11-18(29)10-24-12-25(13-24,14-24)28-23(30)22-6-2-16-9-17(27)3-7-21(16)32-22/h3-5,7-9,22H,2,6,10-14H2,1H3,(H,28,30)/t22-,24?,25?/m1/s1. The van der Waals surface area contributed by atoms with Crippen molar-refractivity contribution in [2.75, 3.05) is 6.61 Å². The van der Waals surface area contributed by atoms with E-state index in [1.165, 1.54) is 12.1 Å². The molecule has 1 heterocycles. The minimum absolute atomic E-state index is 0.0127. The Balaban J connectivity index is 1.08. The number of ketones is 1. The predicted octanol–water partition coefficient (Wildman–Crippen LogP) is 4.56. The van der Waals surface area contributed by atoms with Gasteiger partial charge in [0.05, 0.1) is 0 Å². The monoisotopic (exact) mass is 457 g/mol. The normalized spacial score (nSPS) is 27.3. The van der Waals surface area contributed by atoms with Crippen LogP contribution in [0.4, 0.5) is 4.39 Å². The molecule has 7 heteroatoms. The van der Waals surface area contributed by atoms with Crippen LogP contribution in [0.25, 0.3) is 0 Å². The molecular weight excluding hydrogens is 433 g/mol. The molecule has 3 saturated carbocycles. The number of halogens is 2. The second kappa shape index (κ2) is 7.77. The fourth-order valence-electron chi connectivity index (χ4n) is 5.54. The van der Waals surface area contributed by atoms with E-state index < -0.39 is 6.10 Å². The van der Waals surface area contributed by atoms with Crippen LogP contribution in [0.3, 0.4) is 0 Å². The van der Waals surface area contributed by atoms with Gasteiger partial charge in [-0.15, -0.1) is 0 Å². The number of rotatable bonds is 7. The summed E-state index contributed by atoms with van der Waals surface area (Å²) < 4.78 is 24.8. The summed E-state index contributed by atoms with van der Waals surface area (Å²) in [4.78, 5) is 25.2. The molecule has 0 radical (unpaired) electrons. The molecule has 2 aromatic carbocycles. The van der Waals surface area contributed by atoms with Crippen molar-refractivity contribution in [1.29, 1.82) is 0 Å². The molecule has 1 amide bonds. The summed E-state index contributed by atoms with van der Waals surface area (Å²) in [5.74, 6) is 0.863. The Morgan fingerprint density at radius 1 is 1.22 bits per heavy atom. The van der Waals surface area contributed by atoms with Gasteiger partial charge in [-0.2, -0.15) is 0 Å². The van der Waals surface area contributed by atoms with Crippen molar-refractivity contribution in [3.8, 4) is 11.5 Å². The first-order valence-corrected chi connectivity index (χ1v) is 11.3. The van der Waals surface area contributed by atoms with E-state index in [4.69, 9.17) is 21.1 Å². The van der Waals surface area contributed by atoms with Crippen molar-refractivity contribution in [2.45, 2.75) is 57.1 Å². The molecule has 6 rings (SSSR count). The Morgan fingerprint density at radius 3 is 2.75 bits per heavy atom. The SMILES string of the molecule is Cc1cc(OCC(=O)CC23CC(NC(=O)[C@H]4CCc5cc(F)ccc5O4)(C2)C3)ccc1Cl. The van der Waals surface area contributed by atoms with Crippen LogP contribution in [0, 0.1) is 18.2 Å². The van der Waals surface area contributed by atoms with Crippen LogP contribution in [-0.4, -0.2) is 29.9 Å². The molecule has 4 aliphatic rings. The minimum Gasteiger partial charge on any atom is -0.486 e. The number of aryl methyl sites for hydroxylation is 2. The zero-order valence-electron chi connectivity index (χ0n) is 17.9. The van der Waals surface area contributed by atoms with Crippen molar-refractivity contribution in [1.82, 2.24) is 5.32 Å². The number of carbonyl (C=O) groups is 2. The third-order valence-corrected chi connectivity index (χ3v) is 7.31. The van der Waals surface area contributed by atoms with Crippen LogP contribution in [0.1, 0.15) is 43.2 Å². The van der Waals surface area contributed by atoms with Gasteiger partial charge in [-0.1, -0.05) is 11.6 Å². The molecule has 2 bridgehead atoms. The highest BCUT2D eigenvalue weighted by Gasteiger charge is 2.68. The average Bonchev–Trinajstić information content (AvgIpc) is 2.71. The number of Topliss-reactive ketones (excluding diaryl/α,β-unsaturated/α-hetero) is 1. The third-order valence-electron chi connectivity index (χ3n) is 6.89. The number of nitrogens with one attached hydrogen (secondary N) is 1. The molecule has 168 valence electrons. The second-order valence-electron chi connectivity index (χ2n) is 9.61. The zero-order chi connectivity index (χ0) is 22.5. The first kappa shape index (κ1) is 21.3.